The summed E-state index contributed by atoms with van der Waals surface area (Å²) in [5.74, 6) is -5.36. The molecule has 3 rings (SSSR count). The highest BCUT2D eigenvalue weighted by Crippen LogP contribution is 2.41. The van der Waals surface area contributed by atoms with Gasteiger partial charge in [-0.1, -0.05) is 0 Å². The number of nitrogens with two attached hydrogens (primary N) is 1. The fourth-order valence-electron chi connectivity index (χ4n) is 3.31. The number of hydrogen-bond acceptors (Lipinski definition) is 8. The molecule has 0 spiro atoms. The van der Waals surface area contributed by atoms with Gasteiger partial charge in [-0.05, 0) is 0 Å². The number of fused-ring (bicyclic) bond motifs is 2. The van der Waals surface area contributed by atoms with Crippen molar-refractivity contribution in [2.45, 2.75) is 43.0 Å². The van der Waals surface area contributed by atoms with E-state index < -0.39 is 71.4 Å². The van der Waals surface area contributed by atoms with E-state index in [1.165, 1.54) is 0 Å². The molecule has 13 nitrogen and oxygen atoms in total. The van der Waals surface area contributed by atoms with Gasteiger partial charge in [-0.15, -0.1) is 4.28 Å². The highest BCUT2D eigenvalue weighted by atomic mass is 32.3. The summed E-state index contributed by atoms with van der Waals surface area (Å²) in [7, 11) is -5.23. The Morgan fingerprint density at radius 3 is 2.64 bits per heavy atom. The molecule has 5 N–H and O–H groups in total. The van der Waals surface area contributed by atoms with Crippen LogP contribution in [-0.2, 0) is 29.1 Å². The minimum atomic E-state index is -5.23. The maximum Gasteiger partial charge on any atom is 0.418 e. The molecule has 3 aliphatic heterocycles. The quantitative estimate of drug-likeness (QED) is 0.262. The van der Waals surface area contributed by atoms with Crippen LogP contribution in [0, 0.1) is 0 Å². The first-order valence-electron chi connectivity index (χ1n) is 8.02. The Kier molecular flexibility index (Phi) is 5.17. The molecule has 16 heteroatoms. The topological polar surface area (TPSA) is 181 Å². The molecule has 3 aliphatic rings. The summed E-state index contributed by atoms with van der Waals surface area (Å²) in [4.78, 5) is 41.3. The molecular weight excluding hydrogens is 412 g/mol. The predicted molar refractivity (Wildman–Crippen MR) is 82.3 cm³/mol. The van der Waals surface area contributed by atoms with E-state index in [4.69, 9.17) is 15.1 Å². The van der Waals surface area contributed by atoms with Crippen molar-refractivity contribution >= 4 is 28.2 Å². The number of piperidine rings is 1. The summed E-state index contributed by atoms with van der Waals surface area (Å²) in [6, 6.07) is -5.65. The fraction of sp³-hybridized carbons (Fsp3) is 0.750. The van der Waals surface area contributed by atoms with Gasteiger partial charge in [0, 0.05) is 19.4 Å². The Morgan fingerprint density at radius 1 is 1.39 bits per heavy atom. The van der Waals surface area contributed by atoms with E-state index in [-0.39, 0.29) is 18.0 Å². The van der Waals surface area contributed by atoms with E-state index >= 15 is 0 Å². The van der Waals surface area contributed by atoms with E-state index in [0.717, 1.165) is 0 Å². The zero-order valence-corrected chi connectivity index (χ0v) is 14.9. The zero-order valence-electron chi connectivity index (χ0n) is 14.1. The minimum absolute atomic E-state index is 0.150. The molecule has 0 aromatic carbocycles. The van der Waals surface area contributed by atoms with Crippen LogP contribution in [0.1, 0.15) is 12.8 Å². The SMILES string of the molecule is NC(=O)C1CC(ONC(=O)[C@@H]2CC(F)(F)[C@@H]3CN2C(=O)N3OS(=O)(=O)O)CN1. The number of hydrogen-bond donors (Lipinski definition) is 4. The first-order valence-corrected chi connectivity index (χ1v) is 9.38. The molecule has 158 valence electrons. The van der Waals surface area contributed by atoms with Crippen molar-refractivity contribution in [1.29, 1.82) is 0 Å². The number of urea groups is 1. The first kappa shape index (κ1) is 20.6. The number of nitrogens with one attached hydrogen (secondary N) is 2. The number of carbonyl (C=O) groups excluding carboxylic acids is 3. The second kappa shape index (κ2) is 7.03. The van der Waals surface area contributed by atoms with Gasteiger partial charge in [0.05, 0.1) is 18.7 Å². The summed E-state index contributed by atoms with van der Waals surface area (Å²) >= 11 is 0. The van der Waals surface area contributed by atoms with Gasteiger partial charge in [0.2, 0.25) is 5.91 Å². The number of primary amides is 1. The molecule has 2 bridgehead atoms. The average Bonchev–Trinajstić information content (AvgIpc) is 3.14. The second-order valence-corrected chi connectivity index (χ2v) is 7.57. The van der Waals surface area contributed by atoms with Gasteiger partial charge in [-0.2, -0.15) is 13.5 Å². The highest BCUT2D eigenvalue weighted by Gasteiger charge is 2.62. The Morgan fingerprint density at radius 2 is 2.07 bits per heavy atom. The smallest absolute Gasteiger partial charge is 0.368 e. The van der Waals surface area contributed by atoms with Crippen LogP contribution in [-0.4, -0.2) is 84.0 Å². The van der Waals surface area contributed by atoms with Crippen molar-refractivity contribution in [3.05, 3.63) is 0 Å². The molecule has 3 heterocycles. The largest absolute Gasteiger partial charge is 0.418 e. The van der Waals surface area contributed by atoms with Gasteiger partial charge in [0.1, 0.15) is 12.1 Å². The van der Waals surface area contributed by atoms with Crippen molar-refractivity contribution in [1.82, 2.24) is 20.8 Å². The summed E-state index contributed by atoms with van der Waals surface area (Å²) in [6.07, 6.45) is -1.61. The van der Waals surface area contributed by atoms with Crippen molar-refractivity contribution in [2.24, 2.45) is 5.73 Å². The van der Waals surface area contributed by atoms with Crippen LogP contribution in [0.25, 0.3) is 0 Å². The average molecular weight is 429 g/mol. The van der Waals surface area contributed by atoms with Crippen molar-refractivity contribution in [3.63, 3.8) is 0 Å². The molecule has 0 aliphatic carbocycles. The maximum absolute atomic E-state index is 14.3. The number of alkyl halides is 2. The van der Waals surface area contributed by atoms with Gasteiger partial charge in [0.25, 0.3) is 11.8 Å². The molecule has 0 saturated carbocycles. The van der Waals surface area contributed by atoms with Crippen LogP contribution in [0.5, 0.6) is 0 Å². The number of halogens is 2. The van der Waals surface area contributed by atoms with E-state index in [0.29, 0.717) is 4.90 Å². The number of nitrogens with zero attached hydrogens (tertiary/aromatic N) is 2. The summed E-state index contributed by atoms with van der Waals surface area (Å²) < 4.78 is 62.9. The summed E-state index contributed by atoms with van der Waals surface area (Å²) in [6.45, 7) is -0.524. The molecule has 3 saturated heterocycles. The Hall–Kier alpha value is -2.14. The maximum atomic E-state index is 14.3. The molecular formula is C12H17F2N5O8S. The molecule has 0 radical (unpaired) electrons. The van der Waals surface area contributed by atoms with Crippen LogP contribution in [0.3, 0.4) is 0 Å². The van der Waals surface area contributed by atoms with Gasteiger partial charge in [0.15, 0.2) is 0 Å². The van der Waals surface area contributed by atoms with E-state index in [1.54, 1.807) is 0 Å². The van der Waals surface area contributed by atoms with Gasteiger partial charge in [-0.25, -0.2) is 19.1 Å². The van der Waals surface area contributed by atoms with Crippen LogP contribution >= 0.6 is 0 Å². The molecule has 2 unspecified atom stereocenters. The number of rotatable bonds is 6. The van der Waals surface area contributed by atoms with Crippen molar-refractivity contribution in [2.75, 3.05) is 13.1 Å². The predicted octanol–water partition coefficient (Wildman–Crippen LogP) is -2.50. The number of carbonyl (C=O) groups is 3. The zero-order chi connectivity index (χ0) is 20.9. The highest BCUT2D eigenvalue weighted by molar-refractivity contribution is 7.80. The fourth-order valence-corrected chi connectivity index (χ4v) is 3.68. The van der Waals surface area contributed by atoms with Crippen LogP contribution in [0.4, 0.5) is 13.6 Å². The monoisotopic (exact) mass is 429 g/mol. The lowest BCUT2D eigenvalue weighted by atomic mass is 9.96. The lowest BCUT2D eigenvalue weighted by Gasteiger charge is -2.34. The van der Waals surface area contributed by atoms with Gasteiger partial charge >= 0.3 is 16.4 Å². The van der Waals surface area contributed by atoms with Gasteiger partial charge < -0.3 is 16.0 Å². The van der Waals surface area contributed by atoms with Crippen molar-refractivity contribution in [3.8, 4) is 0 Å². The van der Waals surface area contributed by atoms with Crippen LogP contribution in [0.2, 0.25) is 0 Å². The number of hydroxylamine groups is 3. The third kappa shape index (κ3) is 4.00. The summed E-state index contributed by atoms with van der Waals surface area (Å²) in [5, 5.41) is 2.58. The number of amides is 4. The summed E-state index contributed by atoms with van der Waals surface area (Å²) in [5.41, 5.74) is 7.10. The lowest BCUT2D eigenvalue weighted by Crippen LogP contribution is -2.56. The van der Waals surface area contributed by atoms with E-state index in [2.05, 4.69) is 9.60 Å². The van der Waals surface area contributed by atoms with E-state index in [1.807, 2.05) is 5.48 Å². The standard InChI is InChI=1S/C12H17F2N5O8S/c13-12(14)2-7(10(21)17-26-5-1-6(9(15)20)16-3-5)18-4-8(12)19(11(18)22)27-28(23,24)25/h5-8,16H,1-4H2,(H2,15,20)(H,17,21)(H,23,24,25)/t5?,6?,7-,8-/m0/s1. The normalized spacial score (nSPS) is 31.9. The first-order chi connectivity index (χ1) is 12.9. The minimum Gasteiger partial charge on any atom is -0.368 e. The Labute approximate surface area is 156 Å². The van der Waals surface area contributed by atoms with Crippen LogP contribution < -0.4 is 16.5 Å². The molecule has 28 heavy (non-hydrogen) atoms. The third-order valence-corrected chi connectivity index (χ3v) is 5.00. The third-order valence-electron chi connectivity index (χ3n) is 4.65. The Bertz CT molecular complexity index is 795. The van der Waals surface area contributed by atoms with E-state index in [9.17, 15) is 31.6 Å². The van der Waals surface area contributed by atoms with Crippen molar-refractivity contribution < 1.29 is 45.3 Å². The lowest BCUT2D eigenvalue weighted by molar-refractivity contribution is -0.161. The second-order valence-electron chi connectivity index (χ2n) is 6.56. The molecule has 0 aromatic heterocycles. The Balaban J connectivity index is 1.65. The molecule has 4 atom stereocenters. The molecule has 4 amide bonds. The molecule has 3 fully saturated rings. The van der Waals surface area contributed by atoms with Crippen LogP contribution in [0.15, 0.2) is 0 Å². The van der Waals surface area contributed by atoms with Gasteiger partial charge in [-0.3, -0.25) is 19.0 Å². The molecule has 0 aromatic rings.